The average Bonchev–Trinajstić information content (AvgIpc) is 2.69. The topological polar surface area (TPSA) is 84.4 Å². The number of esters is 1. The van der Waals surface area contributed by atoms with Crippen LogP contribution in [0.25, 0.3) is 0 Å². The van der Waals surface area contributed by atoms with Gasteiger partial charge < -0.3 is 15.0 Å². The second kappa shape index (κ2) is 9.19. The number of nitrogens with one attached hydrogen (secondary N) is 1. The van der Waals surface area contributed by atoms with Crippen molar-refractivity contribution in [3.05, 3.63) is 28.5 Å². The molecular weight excluding hydrogens is 443 g/mol. The number of hydrogen-bond acceptors (Lipinski definition) is 7. The molecule has 0 radical (unpaired) electrons. The van der Waals surface area contributed by atoms with Gasteiger partial charge in [0, 0.05) is 32.4 Å². The largest absolute Gasteiger partial charge is 0.466 e. The van der Waals surface area contributed by atoms with E-state index in [2.05, 4.69) is 31.2 Å². The minimum Gasteiger partial charge on any atom is -0.466 e. The molecule has 2 bridgehead atoms. The van der Waals surface area contributed by atoms with E-state index in [0.717, 1.165) is 25.7 Å². The van der Waals surface area contributed by atoms with Gasteiger partial charge in [0.2, 0.25) is 5.78 Å². The molecule has 3 saturated carbocycles. The van der Waals surface area contributed by atoms with Crippen molar-refractivity contribution in [2.75, 3.05) is 26.0 Å². The van der Waals surface area contributed by atoms with E-state index in [9.17, 15) is 9.59 Å². The highest BCUT2D eigenvalue weighted by Crippen LogP contribution is 2.46. The molecular formula is C20H26BrFN4O3. The highest BCUT2D eigenvalue weighted by atomic mass is 79.9. The van der Waals surface area contributed by atoms with Crippen molar-refractivity contribution in [1.29, 1.82) is 0 Å². The number of fused-ring (bicyclic) bond motifs is 3. The first kappa shape index (κ1) is 21.7. The minimum absolute atomic E-state index is 0.0691. The number of carbonyl (C=O) groups is 2. The van der Waals surface area contributed by atoms with Crippen molar-refractivity contribution >= 4 is 33.5 Å². The van der Waals surface area contributed by atoms with Gasteiger partial charge in [-0.05, 0) is 60.4 Å². The zero-order chi connectivity index (χ0) is 21.1. The van der Waals surface area contributed by atoms with Crippen molar-refractivity contribution in [3.8, 4) is 0 Å². The molecule has 2 atom stereocenters. The Bertz CT molecular complexity index is 809. The lowest BCUT2D eigenvalue weighted by atomic mass is 9.61. The van der Waals surface area contributed by atoms with Gasteiger partial charge in [0.1, 0.15) is 0 Å². The average molecular weight is 469 g/mol. The van der Waals surface area contributed by atoms with Crippen LogP contribution in [-0.2, 0) is 9.53 Å². The molecule has 0 unspecified atom stereocenters. The Morgan fingerprint density at radius 1 is 1.24 bits per heavy atom. The predicted molar refractivity (Wildman–Crippen MR) is 110 cm³/mol. The van der Waals surface area contributed by atoms with Crippen LogP contribution in [0.3, 0.4) is 0 Å². The van der Waals surface area contributed by atoms with Crippen LogP contribution in [0, 0.1) is 23.6 Å². The van der Waals surface area contributed by atoms with Crippen molar-refractivity contribution in [2.24, 2.45) is 17.8 Å². The maximum absolute atomic E-state index is 15.1. The third kappa shape index (κ3) is 4.76. The fourth-order valence-electron chi connectivity index (χ4n) is 4.37. The Morgan fingerprint density at radius 2 is 1.90 bits per heavy atom. The number of nitrogens with zero attached hydrogens (tertiary/aromatic N) is 3. The fourth-order valence-corrected chi connectivity index (χ4v) is 4.72. The Morgan fingerprint density at radius 3 is 2.52 bits per heavy atom. The number of ether oxygens (including phenoxy) is 1. The predicted octanol–water partition coefficient (Wildman–Crippen LogP) is 3.42. The molecule has 7 nitrogen and oxygen atoms in total. The second-order valence-electron chi connectivity index (χ2n) is 7.77. The van der Waals surface area contributed by atoms with E-state index in [1.165, 1.54) is 12.3 Å². The number of halogens is 2. The molecule has 29 heavy (non-hydrogen) atoms. The first-order valence-electron chi connectivity index (χ1n) is 9.87. The molecule has 0 aromatic carbocycles. The van der Waals surface area contributed by atoms with E-state index in [1.54, 1.807) is 25.9 Å². The molecule has 0 aliphatic heterocycles. The third-order valence-corrected chi connectivity index (χ3v) is 6.02. The van der Waals surface area contributed by atoms with Gasteiger partial charge in [-0.25, -0.2) is 14.4 Å². The standard InChI is InChI=1S/C20H26BrFN4O3/c1-4-29-19(28)14-11-5-7-12(8-6-11)16(14)23-18-15(22)17(24-20(21)25-18)13(27)9-10-26(2)3/h9-12,14,16H,4-8H2,1-3H3,(H,23,24,25)/b10-9+/t11?,12?,14-,16-/m0/s1. The molecule has 9 heteroatoms. The molecule has 3 aliphatic carbocycles. The van der Waals surface area contributed by atoms with E-state index in [1.807, 2.05) is 0 Å². The zero-order valence-corrected chi connectivity index (χ0v) is 18.4. The first-order valence-corrected chi connectivity index (χ1v) is 10.7. The SMILES string of the molecule is CCOC(=O)[C@H]1C2CCC(CC2)[C@@H]1Nc1nc(Br)nc(C(=O)/C=C/N(C)C)c1F. The Labute approximate surface area is 178 Å². The van der Waals surface area contributed by atoms with Crippen LogP contribution < -0.4 is 5.32 Å². The summed E-state index contributed by atoms with van der Waals surface area (Å²) in [6, 6.07) is -0.280. The van der Waals surface area contributed by atoms with E-state index in [0.29, 0.717) is 6.61 Å². The van der Waals surface area contributed by atoms with Crippen LogP contribution in [0.5, 0.6) is 0 Å². The van der Waals surface area contributed by atoms with E-state index < -0.39 is 11.6 Å². The summed E-state index contributed by atoms with van der Waals surface area (Å²) in [5, 5.41) is 3.13. The Kier molecular flexibility index (Phi) is 6.87. The summed E-state index contributed by atoms with van der Waals surface area (Å²) < 4.78 is 20.5. The monoisotopic (exact) mass is 468 g/mol. The molecule has 0 spiro atoms. The van der Waals surface area contributed by atoms with Gasteiger partial charge in [-0.1, -0.05) is 0 Å². The highest BCUT2D eigenvalue weighted by Gasteiger charge is 2.48. The molecule has 1 heterocycles. The molecule has 1 aromatic heterocycles. The minimum atomic E-state index is -0.814. The quantitative estimate of drug-likeness (QED) is 0.284. The van der Waals surface area contributed by atoms with Crippen molar-refractivity contribution < 1.29 is 18.7 Å². The van der Waals surface area contributed by atoms with E-state index in [-0.39, 0.29) is 46.0 Å². The molecule has 3 aliphatic rings. The van der Waals surface area contributed by atoms with Gasteiger partial charge in [-0.2, -0.15) is 0 Å². The summed E-state index contributed by atoms with van der Waals surface area (Å²) in [5.74, 6) is -1.59. The van der Waals surface area contributed by atoms with Crippen molar-refractivity contribution in [1.82, 2.24) is 14.9 Å². The fraction of sp³-hybridized carbons (Fsp3) is 0.600. The summed E-state index contributed by atoms with van der Waals surface area (Å²) in [6.45, 7) is 2.09. The van der Waals surface area contributed by atoms with Gasteiger partial charge in [0.15, 0.2) is 22.1 Å². The van der Waals surface area contributed by atoms with Crippen LogP contribution in [0.15, 0.2) is 17.0 Å². The van der Waals surface area contributed by atoms with Crippen molar-refractivity contribution in [2.45, 2.75) is 38.6 Å². The Balaban J connectivity index is 1.90. The zero-order valence-electron chi connectivity index (χ0n) is 16.8. The van der Waals surface area contributed by atoms with Gasteiger partial charge in [0.05, 0.1) is 12.5 Å². The molecule has 158 valence electrons. The van der Waals surface area contributed by atoms with Crippen LogP contribution in [-0.4, -0.2) is 53.4 Å². The summed E-state index contributed by atoms with van der Waals surface area (Å²) in [4.78, 5) is 34.7. The molecule has 0 amide bonds. The number of carbonyl (C=O) groups excluding carboxylic acids is 2. The lowest BCUT2D eigenvalue weighted by Gasteiger charge is -2.47. The van der Waals surface area contributed by atoms with Crippen molar-refractivity contribution in [3.63, 3.8) is 0 Å². The number of hydrogen-bond donors (Lipinski definition) is 1. The smallest absolute Gasteiger partial charge is 0.311 e. The lowest BCUT2D eigenvalue weighted by Crippen LogP contribution is -2.52. The number of allylic oxidation sites excluding steroid dienone is 1. The number of anilines is 1. The van der Waals surface area contributed by atoms with Gasteiger partial charge in [0.25, 0.3) is 0 Å². The molecule has 4 rings (SSSR count). The lowest BCUT2D eigenvalue weighted by molar-refractivity contribution is -0.154. The number of ketones is 1. The van der Waals surface area contributed by atoms with Crippen LogP contribution in [0.1, 0.15) is 43.1 Å². The van der Waals surface area contributed by atoms with Gasteiger partial charge >= 0.3 is 5.97 Å². The molecule has 3 fully saturated rings. The van der Waals surface area contributed by atoms with E-state index >= 15 is 4.39 Å². The molecule has 1 aromatic rings. The maximum atomic E-state index is 15.1. The Hall–Kier alpha value is -2.03. The summed E-state index contributed by atoms with van der Waals surface area (Å²) in [5.41, 5.74) is -0.318. The van der Waals surface area contributed by atoms with Crippen LogP contribution >= 0.6 is 15.9 Å². The van der Waals surface area contributed by atoms with Gasteiger partial charge in [-0.3, -0.25) is 9.59 Å². The van der Waals surface area contributed by atoms with Crippen LogP contribution in [0.2, 0.25) is 0 Å². The maximum Gasteiger partial charge on any atom is 0.311 e. The first-order chi connectivity index (χ1) is 13.8. The normalized spacial score (nSPS) is 25.8. The summed E-state index contributed by atoms with van der Waals surface area (Å²) in [6.07, 6.45) is 6.68. The highest BCUT2D eigenvalue weighted by molar-refractivity contribution is 9.10. The molecule has 0 saturated heterocycles. The molecule has 1 N–H and O–H groups in total. The second-order valence-corrected chi connectivity index (χ2v) is 8.48. The summed E-state index contributed by atoms with van der Waals surface area (Å²) in [7, 11) is 3.52. The van der Waals surface area contributed by atoms with E-state index in [4.69, 9.17) is 4.74 Å². The number of aromatic nitrogens is 2. The van der Waals surface area contributed by atoms with Gasteiger partial charge in [-0.15, -0.1) is 0 Å². The third-order valence-electron chi connectivity index (χ3n) is 5.66. The number of rotatable bonds is 7. The summed E-state index contributed by atoms with van der Waals surface area (Å²) >= 11 is 3.16. The van der Waals surface area contributed by atoms with Crippen LogP contribution in [0.4, 0.5) is 10.2 Å².